The van der Waals surface area contributed by atoms with Crippen LogP contribution in [0.2, 0.25) is 0 Å². The Labute approximate surface area is 153 Å². The summed E-state index contributed by atoms with van der Waals surface area (Å²) in [4.78, 5) is 37.6. The maximum Gasteiger partial charge on any atom is 0.311 e. The fourth-order valence-electron chi connectivity index (χ4n) is 4.51. The number of ether oxygens (including phenoxy) is 2. The van der Waals surface area contributed by atoms with Crippen molar-refractivity contribution in [2.75, 3.05) is 6.26 Å². The molecule has 2 aliphatic carbocycles. The van der Waals surface area contributed by atoms with Gasteiger partial charge in [0.1, 0.15) is 11.7 Å². The summed E-state index contributed by atoms with van der Waals surface area (Å²) in [5.41, 5.74) is -2.82. The molecule has 2 heterocycles. The van der Waals surface area contributed by atoms with Crippen LogP contribution in [0.3, 0.4) is 0 Å². The van der Waals surface area contributed by atoms with Gasteiger partial charge in [-0.15, -0.1) is 0 Å². The summed E-state index contributed by atoms with van der Waals surface area (Å²) in [5.74, 6) is -2.05. The molecule has 0 spiro atoms. The normalized spacial score (nSPS) is 36.2. The first-order valence-electron chi connectivity index (χ1n) is 8.70. The number of hydrogen-bond donors (Lipinski definition) is 1. The summed E-state index contributed by atoms with van der Waals surface area (Å²) in [6, 6.07) is 0. The van der Waals surface area contributed by atoms with Crippen LogP contribution in [-0.2, 0) is 33.9 Å². The minimum absolute atomic E-state index is 0.201. The molecule has 2 aliphatic heterocycles. The highest BCUT2D eigenvalue weighted by Gasteiger charge is 2.64. The van der Waals surface area contributed by atoms with Crippen LogP contribution in [-0.4, -0.2) is 44.2 Å². The van der Waals surface area contributed by atoms with Gasteiger partial charge in [-0.3, -0.25) is 19.1 Å². The Morgan fingerprint density at radius 2 is 1.85 bits per heavy atom. The predicted molar refractivity (Wildman–Crippen MR) is 90.2 cm³/mol. The van der Waals surface area contributed by atoms with Gasteiger partial charge in [0.2, 0.25) is 15.9 Å². The van der Waals surface area contributed by atoms with Crippen LogP contribution < -0.4 is 4.72 Å². The molecule has 0 radical (unpaired) electrons. The summed E-state index contributed by atoms with van der Waals surface area (Å²) < 4.78 is 36.5. The topological polar surface area (TPSA) is 116 Å². The molecule has 2 saturated carbocycles. The average molecular weight is 387 g/mol. The predicted octanol–water partition coefficient (Wildman–Crippen LogP) is 0.896. The molecule has 1 N–H and O–H groups in total. The highest BCUT2D eigenvalue weighted by atomic mass is 32.2. The van der Waals surface area contributed by atoms with E-state index >= 15 is 0 Å². The summed E-state index contributed by atoms with van der Waals surface area (Å²) in [7, 11) is -3.74. The highest BCUT2D eigenvalue weighted by Crippen LogP contribution is 2.58. The van der Waals surface area contributed by atoms with E-state index in [1.165, 1.54) is 0 Å². The van der Waals surface area contributed by atoms with E-state index in [4.69, 9.17) is 9.47 Å². The number of carbonyl (C=O) groups excluding carboxylic acids is 3. The molecule has 4 unspecified atom stereocenters. The summed E-state index contributed by atoms with van der Waals surface area (Å²) in [6.45, 7) is 5.20. The van der Waals surface area contributed by atoms with E-state index in [0.29, 0.717) is 12.8 Å². The molecule has 26 heavy (non-hydrogen) atoms. The maximum absolute atomic E-state index is 12.8. The number of sulfonamides is 1. The van der Waals surface area contributed by atoms with Crippen LogP contribution in [0, 0.1) is 16.7 Å². The molecule has 0 aromatic rings. The lowest BCUT2D eigenvalue weighted by molar-refractivity contribution is -0.192. The van der Waals surface area contributed by atoms with Gasteiger partial charge in [0.15, 0.2) is 0 Å². The van der Waals surface area contributed by atoms with Crippen molar-refractivity contribution < 1.29 is 32.3 Å². The minimum Gasteiger partial charge on any atom is -0.462 e. The van der Waals surface area contributed by atoms with Gasteiger partial charge in [-0.25, -0.2) is 8.42 Å². The molecule has 4 fully saturated rings. The molecule has 0 aromatic heterocycles. The second kappa shape index (κ2) is 5.68. The van der Waals surface area contributed by atoms with E-state index in [-0.39, 0.29) is 19.3 Å². The molecule has 9 heteroatoms. The van der Waals surface area contributed by atoms with E-state index in [2.05, 4.69) is 0 Å². The first-order chi connectivity index (χ1) is 11.7. The van der Waals surface area contributed by atoms with Gasteiger partial charge in [-0.2, -0.15) is 0 Å². The van der Waals surface area contributed by atoms with Crippen LogP contribution in [0.15, 0.2) is 0 Å². The Hall–Kier alpha value is -1.64. The van der Waals surface area contributed by atoms with Gasteiger partial charge in [0, 0.05) is 19.3 Å². The van der Waals surface area contributed by atoms with Crippen molar-refractivity contribution in [3.05, 3.63) is 0 Å². The van der Waals surface area contributed by atoms with Gasteiger partial charge in [-0.1, -0.05) is 0 Å². The molecule has 4 bridgehead atoms. The van der Waals surface area contributed by atoms with E-state index < -0.39 is 56.3 Å². The number of esters is 2. The zero-order chi connectivity index (χ0) is 19.5. The fraction of sp³-hybridized carbons (Fsp3) is 0.824. The lowest BCUT2D eigenvalue weighted by Gasteiger charge is -2.51. The van der Waals surface area contributed by atoms with Crippen LogP contribution in [0.25, 0.3) is 0 Å². The molecule has 1 amide bonds. The molecule has 4 aliphatic rings. The third-order valence-electron chi connectivity index (χ3n) is 5.43. The van der Waals surface area contributed by atoms with Crippen molar-refractivity contribution in [1.29, 1.82) is 0 Å². The molecular formula is C17H25NO7S. The van der Waals surface area contributed by atoms with Crippen LogP contribution in [0.1, 0.15) is 52.9 Å². The van der Waals surface area contributed by atoms with E-state index in [9.17, 15) is 22.8 Å². The monoisotopic (exact) mass is 387 g/mol. The van der Waals surface area contributed by atoms with Crippen molar-refractivity contribution in [2.45, 2.75) is 64.6 Å². The Morgan fingerprint density at radius 1 is 1.19 bits per heavy atom. The maximum atomic E-state index is 12.8. The second-order valence-electron chi connectivity index (χ2n) is 9.06. The number of fused-ring (bicyclic) bond motifs is 1. The number of amides is 1. The lowest BCUT2D eigenvalue weighted by atomic mass is 9.56. The van der Waals surface area contributed by atoms with Crippen LogP contribution >= 0.6 is 0 Å². The van der Waals surface area contributed by atoms with Crippen molar-refractivity contribution in [3.63, 3.8) is 0 Å². The first-order valence-corrected chi connectivity index (χ1v) is 10.6. The Balaban J connectivity index is 1.98. The third kappa shape index (κ3) is 3.45. The fourth-order valence-corrected chi connectivity index (χ4v) is 5.06. The first kappa shape index (κ1) is 19.1. The average Bonchev–Trinajstić information content (AvgIpc) is 2.57. The van der Waals surface area contributed by atoms with E-state index in [0.717, 1.165) is 6.26 Å². The Kier molecular flexibility index (Phi) is 4.18. The van der Waals surface area contributed by atoms with Crippen molar-refractivity contribution in [1.82, 2.24) is 4.72 Å². The zero-order valence-electron chi connectivity index (χ0n) is 15.5. The summed E-state index contributed by atoms with van der Waals surface area (Å²) >= 11 is 0. The molecular weight excluding hydrogens is 362 g/mol. The van der Waals surface area contributed by atoms with Crippen LogP contribution in [0.4, 0.5) is 0 Å². The van der Waals surface area contributed by atoms with Gasteiger partial charge in [0.25, 0.3) is 0 Å². The third-order valence-corrected chi connectivity index (χ3v) is 5.99. The minimum atomic E-state index is -3.74. The molecule has 8 nitrogen and oxygen atoms in total. The largest absolute Gasteiger partial charge is 0.462 e. The van der Waals surface area contributed by atoms with E-state index in [1.54, 1.807) is 20.8 Å². The summed E-state index contributed by atoms with van der Waals surface area (Å²) in [6.07, 6.45) is 1.64. The molecule has 4 rings (SSSR count). The zero-order valence-corrected chi connectivity index (χ0v) is 16.3. The molecule has 2 saturated heterocycles. The van der Waals surface area contributed by atoms with Gasteiger partial charge >= 0.3 is 11.9 Å². The molecule has 0 aromatic carbocycles. The summed E-state index contributed by atoms with van der Waals surface area (Å²) in [5, 5.41) is 0. The lowest BCUT2D eigenvalue weighted by Crippen LogP contribution is -2.59. The quantitative estimate of drug-likeness (QED) is 0.715. The van der Waals surface area contributed by atoms with Gasteiger partial charge in [-0.05, 0) is 33.6 Å². The second-order valence-corrected chi connectivity index (χ2v) is 10.8. The highest BCUT2D eigenvalue weighted by molar-refractivity contribution is 7.89. The van der Waals surface area contributed by atoms with Crippen molar-refractivity contribution in [2.24, 2.45) is 16.7 Å². The van der Waals surface area contributed by atoms with E-state index in [1.807, 2.05) is 4.72 Å². The Morgan fingerprint density at radius 3 is 2.42 bits per heavy atom. The number of rotatable bonds is 3. The van der Waals surface area contributed by atoms with Crippen molar-refractivity contribution >= 4 is 27.9 Å². The number of carbonyl (C=O) groups is 3. The smallest absolute Gasteiger partial charge is 0.311 e. The number of nitrogens with one attached hydrogen (secondary N) is 1. The standard InChI is InChI=1S/C17H25NO7S/c1-15(2,3)14(21)25-17-6-10-5-16(9-17,13(20)18-26(4,22)23)7-11(8-17)24-12(10)19/h10-11H,5-9H2,1-4H3,(H,18,20). The molecule has 4 atom stereocenters. The van der Waals surface area contributed by atoms with Gasteiger partial charge < -0.3 is 9.47 Å². The SMILES string of the molecule is CC(C)(C)C(=O)OC12CC3CC(C(=O)NS(C)(=O)=O)(CC(C1)C(=O)O3)C2. The van der Waals surface area contributed by atoms with Crippen molar-refractivity contribution in [3.8, 4) is 0 Å². The Bertz CT molecular complexity index is 768. The van der Waals surface area contributed by atoms with Gasteiger partial charge in [0.05, 0.1) is 23.0 Å². The molecule has 146 valence electrons. The van der Waals surface area contributed by atoms with Crippen LogP contribution in [0.5, 0.6) is 0 Å². The number of hydrogen-bond acceptors (Lipinski definition) is 7.